The molecule has 1 rings (SSSR count). The summed E-state index contributed by atoms with van der Waals surface area (Å²) in [5.41, 5.74) is 4.67. The van der Waals surface area contributed by atoms with Gasteiger partial charge in [-0.3, -0.25) is 0 Å². The Bertz CT molecular complexity index is 556. The van der Waals surface area contributed by atoms with Gasteiger partial charge in [0.1, 0.15) is 0 Å². The van der Waals surface area contributed by atoms with Crippen LogP contribution in [0.15, 0.2) is 47.1 Å². The van der Waals surface area contributed by atoms with Gasteiger partial charge in [0.25, 0.3) is 0 Å². The summed E-state index contributed by atoms with van der Waals surface area (Å²) in [4.78, 5) is 0. The predicted molar refractivity (Wildman–Crippen MR) is 96.0 cm³/mol. The van der Waals surface area contributed by atoms with Crippen molar-refractivity contribution in [2.24, 2.45) is 0 Å². The van der Waals surface area contributed by atoms with E-state index >= 15 is 0 Å². The lowest BCUT2D eigenvalue weighted by Crippen LogP contribution is -2.04. The van der Waals surface area contributed by atoms with Crippen LogP contribution in [0.1, 0.15) is 70.9 Å². The zero-order valence-corrected chi connectivity index (χ0v) is 15.3. The van der Waals surface area contributed by atoms with Crippen LogP contribution in [0.4, 0.5) is 13.2 Å². The zero-order valence-electron chi connectivity index (χ0n) is 15.3. The molecule has 0 saturated heterocycles. The third-order valence-electron chi connectivity index (χ3n) is 4.35. The Morgan fingerprint density at radius 1 is 0.875 bits per heavy atom. The average Bonchev–Trinajstić information content (AvgIpc) is 2.50. The van der Waals surface area contributed by atoms with Crippen molar-refractivity contribution in [2.75, 3.05) is 0 Å². The van der Waals surface area contributed by atoms with E-state index in [2.05, 4.69) is 33.8 Å². The molecule has 0 fully saturated rings. The third kappa shape index (κ3) is 7.85. The van der Waals surface area contributed by atoms with Crippen LogP contribution >= 0.6 is 0 Å². The van der Waals surface area contributed by atoms with Crippen LogP contribution in [0.3, 0.4) is 0 Å². The van der Waals surface area contributed by atoms with Gasteiger partial charge >= 0.3 is 6.18 Å². The van der Waals surface area contributed by atoms with Crippen molar-refractivity contribution >= 4 is 0 Å². The van der Waals surface area contributed by atoms with Gasteiger partial charge in [-0.05, 0) is 83.9 Å². The summed E-state index contributed by atoms with van der Waals surface area (Å²) in [6.07, 6.45) is 4.21. The standard InChI is InChI=1S/C21H29F3/c1-16(2)8-7-10-18(4)17(3)9-5-6-11-19-12-14-20(15-13-19)21(22,23)24/h8,12-15H,5-7,9-11H2,1-4H3/b18-17+. The highest BCUT2D eigenvalue weighted by molar-refractivity contribution is 5.24. The Morgan fingerprint density at radius 2 is 1.46 bits per heavy atom. The topological polar surface area (TPSA) is 0 Å². The summed E-state index contributed by atoms with van der Waals surface area (Å²) < 4.78 is 37.5. The second kappa shape index (κ2) is 9.71. The number of alkyl halides is 3. The SMILES string of the molecule is CC(C)=CCC/C(C)=C(\C)CCCCc1ccc(C(F)(F)F)cc1. The van der Waals surface area contributed by atoms with Crippen LogP contribution in [-0.4, -0.2) is 0 Å². The smallest absolute Gasteiger partial charge is 0.166 e. The largest absolute Gasteiger partial charge is 0.416 e. The second-order valence-electron chi connectivity index (χ2n) is 6.78. The molecule has 0 saturated carbocycles. The summed E-state index contributed by atoms with van der Waals surface area (Å²) in [6.45, 7) is 8.63. The van der Waals surface area contributed by atoms with Crippen molar-refractivity contribution < 1.29 is 13.2 Å². The van der Waals surface area contributed by atoms with Gasteiger partial charge in [-0.25, -0.2) is 0 Å². The Kier molecular flexibility index (Phi) is 8.30. The Hall–Kier alpha value is -1.51. The summed E-state index contributed by atoms with van der Waals surface area (Å²) >= 11 is 0. The highest BCUT2D eigenvalue weighted by Gasteiger charge is 2.29. The van der Waals surface area contributed by atoms with Gasteiger partial charge in [0.15, 0.2) is 0 Å². The molecular weight excluding hydrogens is 309 g/mol. The summed E-state index contributed by atoms with van der Waals surface area (Å²) in [5.74, 6) is 0. The molecule has 0 aromatic heterocycles. The molecule has 0 N–H and O–H groups in total. The first-order valence-electron chi connectivity index (χ1n) is 8.65. The minimum atomic E-state index is -4.25. The molecule has 1 aromatic rings. The fraction of sp³-hybridized carbons (Fsp3) is 0.524. The number of hydrogen-bond acceptors (Lipinski definition) is 0. The quantitative estimate of drug-likeness (QED) is 0.340. The lowest BCUT2D eigenvalue weighted by molar-refractivity contribution is -0.137. The molecule has 0 atom stereocenters. The van der Waals surface area contributed by atoms with E-state index in [-0.39, 0.29) is 0 Å². The maximum absolute atomic E-state index is 12.5. The van der Waals surface area contributed by atoms with Gasteiger partial charge in [-0.2, -0.15) is 13.2 Å². The van der Waals surface area contributed by atoms with Gasteiger partial charge in [-0.1, -0.05) is 34.9 Å². The number of hydrogen-bond donors (Lipinski definition) is 0. The fourth-order valence-corrected chi connectivity index (χ4v) is 2.58. The van der Waals surface area contributed by atoms with Gasteiger partial charge in [-0.15, -0.1) is 0 Å². The summed E-state index contributed by atoms with van der Waals surface area (Å²) in [7, 11) is 0. The molecule has 0 heterocycles. The molecule has 3 heteroatoms. The first kappa shape index (κ1) is 20.5. The van der Waals surface area contributed by atoms with Crippen LogP contribution in [0.2, 0.25) is 0 Å². The zero-order chi connectivity index (χ0) is 18.2. The minimum Gasteiger partial charge on any atom is -0.166 e. The second-order valence-corrected chi connectivity index (χ2v) is 6.78. The van der Waals surface area contributed by atoms with Crippen molar-refractivity contribution in [3.63, 3.8) is 0 Å². The van der Waals surface area contributed by atoms with Crippen LogP contribution in [0, 0.1) is 0 Å². The molecule has 0 amide bonds. The van der Waals surface area contributed by atoms with E-state index in [0.717, 1.165) is 44.1 Å². The Morgan fingerprint density at radius 3 is 2.00 bits per heavy atom. The number of rotatable bonds is 8. The summed E-state index contributed by atoms with van der Waals surface area (Å²) in [6, 6.07) is 5.54. The maximum atomic E-state index is 12.5. The first-order valence-corrected chi connectivity index (χ1v) is 8.65. The van der Waals surface area contributed by atoms with Crippen molar-refractivity contribution in [3.05, 3.63) is 58.2 Å². The Balaban J connectivity index is 2.36. The summed E-state index contributed by atoms with van der Waals surface area (Å²) in [5, 5.41) is 0. The highest BCUT2D eigenvalue weighted by Crippen LogP contribution is 2.29. The highest BCUT2D eigenvalue weighted by atomic mass is 19.4. The molecular formula is C21H29F3. The lowest BCUT2D eigenvalue weighted by atomic mass is 9.99. The molecule has 1 aromatic carbocycles. The van der Waals surface area contributed by atoms with Crippen molar-refractivity contribution in [3.8, 4) is 0 Å². The van der Waals surface area contributed by atoms with Crippen LogP contribution < -0.4 is 0 Å². The third-order valence-corrected chi connectivity index (χ3v) is 4.35. The molecule has 0 aliphatic heterocycles. The normalized spacial score (nSPS) is 12.8. The molecule has 134 valence electrons. The molecule has 0 aliphatic carbocycles. The number of halogens is 3. The number of unbranched alkanes of at least 4 members (excludes halogenated alkanes) is 1. The van der Waals surface area contributed by atoms with Gasteiger partial charge in [0.05, 0.1) is 5.56 Å². The van der Waals surface area contributed by atoms with Gasteiger partial charge in [0, 0.05) is 0 Å². The van der Waals surface area contributed by atoms with E-state index in [4.69, 9.17) is 0 Å². The molecule has 24 heavy (non-hydrogen) atoms. The number of allylic oxidation sites excluding steroid dienone is 4. The van der Waals surface area contributed by atoms with Gasteiger partial charge in [0.2, 0.25) is 0 Å². The molecule has 0 aliphatic rings. The lowest BCUT2D eigenvalue weighted by Gasteiger charge is -2.09. The number of aryl methyl sites for hydroxylation is 1. The van der Waals surface area contributed by atoms with E-state index in [1.165, 1.54) is 28.9 Å². The van der Waals surface area contributed by atoms with Crippen LogP contribution in [0.5, 0.6) is 0 Å². The van der Waals surface area contributed by atoms with E-state index in [9.17, 15) is 13.2 Å². The maximum Gasteiger partial charge on any atom is 0.416 e. The average molecular weight is 338 g/mol. The fourth-order valence-electron chi connectivity index (χ4n) is 2.58. The monoisotopic (exact) mass is 338 g/mol. The van der Waals surface area contributed by atoms with Gasteiger partial charge < -0.3 is 0 Å². The predicted octanol–water partition coefficient (Wildman–Crippen LogP) is 7.50. The molecule has 0 nitrogen and oxygen atoms in total. The molecule has 0 spiro atoms. The molecule has 0 bridgehead atoms. The van der Waals surface area contributed by atoms with Crippen LogP contribution in [0.25, 0.3) is 0 Å². The van der Waals surface area contributed by atoms with E-state index in [1.54, 1.807) is 12.1 Å². The molecule has 0 unspecified atom stereocenters. The van der Waals surface area contributed by atoms with E-state index in [0.29, 0.717) is 0 Å². The Labute approximate surface area is 144 Å². The van der Waals surface area contributed by atoms with E-state index < -0.39 is 11.7 Å². The van der Waals surface area contributed by atoms with Crippen LogP contribution in [-0.2, 0) is 12.6 Å². The first-order chi connectivity index (χ1) is 11.2. The number of benzene rings is 1. The minimum absolute atomic E-state index is 0.572. The van der Waals surface area contributed by atoms with Crippen molar-refractivity contribution in [1.82, 2.24) is 0 Å². The van der Waals surface area contributed by atoms with E-state index in [1.807, 2.05) is 0 Å². The molecule has 0 radical (unpaired) electrons. The van der Waals surface area contributed by atoms with Crippen molar-refractivity contribution in [2.45, 2.75) is 72.4 Å². The van der Waals surface area contributed by atoms with Crippen molar-refractivity contribution in [1.29, 1.82) is 0 Å².